The normalized spacial score (nSPS) is 10.6. The van der Waals surface area contributed by atoms with Gasteiger partial charge in [-0.2, -0.15) is 5.10 Å². The molecule has 142 valence electrons. The summed E-state index contributed by atoms with van der Waals surface area (Å²) in [5.74, 6) is 0.783. The molecule has 2 amide bonds. The van der Waals surface area contributed by atoms with Gasteiger partial charge in [0.05, 0.1) is 18.0 Å². The van der Waals surface area contributed by atoms with E-state index in [1.165, 1.54) is 0 Å². The van der Waals surface area contributed by atoms with E-state index in [4.69, 9.17) is 4.74 Å². The van der Waals surface area contributed by atoms with Crippen LogP contribution in [0.2, 0.25) is 0 Å². The van der Waals surface area contributed by atoms with E-state index in [-0.39, 0.29) is 6.03 Å². The maximum absolute atomic E-state index is 12.0. The fourth-order valence-corrected chi connectivity index (χ4v) is 3.48. The summed E-state index contributed by atoms with van der Waals surface area (Å²) in [5.41, 5.74) is 3.68. The molecule has 0 bridgehead atoms. The van der Waals surface area contributed by atoms with Crippen LogP contribution in [0, 0.1) is 13.8 Å². The first-order valence-corrected chi connectivity index (χ1v) is 9.69. The lowest BCUT2D eigenvalue weighted by Gasteiger charge is -2.08. The summed E-state index contributed by atoms with van der Waals surface area (Å²) in [4.78, 5) is 16.6. The number of aryl methyl sites for hydroxylation is 2. The highest BCUT2D eigenvalue weighted by Crippen LogP contribution is 2.17. The predicted molar refractivity (Wildman–Crippen MR) is 107 cm³/mol. The Kier molecular flexibility index (Phi) is 6.08. The summed E-state index contributed by atoms with van der Waals surface area (Å²) in [5, 5.41) is 12.9. The molecule has 2 heterocycles. The van der Waals surface area contributed by atoms with Gasteiger partial charge in [-0.15, -0.1) is 11.3 Å². The number of amides is 2. The number of rotatable bonds is 7. The van der Waals surface area contributed by atoms with Crippen LogP contribution >= 0.6 is 11.3 Å². The van der Waals surface area contributed by atoms with Crippen molar-refractivity contribution >= 4 is 23.1 Å². The Hall–Kier alpha value is -2.87. The average molecular weight is 385 g/mol. The second-order valence-corrected chi connectivity index (χ2v) is 6.89. The maximum atomic E-state index is 12.0. The van der Waals surface area contributed by atoms with Crippen LogP contribution in [0.4, 0.5) is 10.5 Å². The molecule has 0 aliphatic carbocycles. The third kappa shape index (κ3) is 5.07. The Morgan fingerprint density at radius 2 is 2.04 bits per heavy atom. The van der Waals surface area contributed by atoms with Crippen LogP contribution in [0.1, 0.15) is 24.0 Å². The predicted octanol–water partition coefficient (Wildman–Crippen LogP) is 3.71. The number of hydrogen-bond acceptors (Lipinski definition) is 5. The van der Waals surface area contributed by atoms with E-state index < -0.39 is 0 Å². The first kappa shape index (κ1) is 18.9. The van der Waals surface area contributed by atoms with Gasteiger partial charge in [-0.25, -0.2) is 14.5 Å². The Bertz CT molecular complexity index is 901. The van der Waals surface area contributed by atoms with Crippen LogP contribution in [0.25, 0.3) is 5.13 Å². The molecule has 3 aromatic rings. The monoisotopic (exact) mass is 385 g/mol. The molecular weight excluding hydrogens is 362 g/mol. The minimum Gasteiger partial charge on any atom is -0.494 e. The van der Waals surface area contributed by atoms with Crippen LogP contribution in [0.5, 0.6) is 5.75 Å². The van der Waals surface area contributed by atoms with Crippen molar-refractivity contribution in [3.8, 4) is 10.9 Å². The molecule has 0 aliphatic rings. The van der Waals surface area contributed by atoms with Crippen LogP contribution in [-0.4, -0.2) is 33.9 Å². The lowest BCUT2D eigenvalue weighted by atomic mass is 10.3. The second-order valence-electron chi connectivity index (χ2n) is 6.05. The number of nitrogens with zero attached hydrogens (tertiary/aromatic N) is 3. The molecule has 0 atom stereocenters. The molecule has 7 nitrogen and oxygen atoms in total. The number of ether oxygens (including phenoxy) is 1. The van der Waals surface area contributed by atoms with Gasteiger partial charge in [0, 0.05) is 29.7 Å². The zero-order chi connectivity index (χ0) is 19.2. The van der Waals surface area contributed by atoms with E-state index in [0.717, 1.165) is 33.7 Å². The number of thiazole rings is 1. The second kappa shape index (κ2) is 8.68. The van der Waals surface area contributed by atoms with Gasteiger partial charge >= 0.3 is 6.03 Å². The van der Waals surface area contributed by atoms with Crippen LogP contribution < -0.4 is 15.4 Å². The SMILES string of the molecule is CCOc1ccc(NC(=O)NCCc2csc(-n3nc(C)cc3C)n2)cc1. The number of nitrogens with one attached hydrogen (secondary N) is 2. The Morgan fingerprint density at radius 1 is 1.26 bits per heavy atom. The molecule has 2 aromatic heterocycles. The van der Waals surface area contributed by atoms with Gasteiger partial charge in [0.2, 0.25) is 5.13 Å². The van der Waals surface area contributed by atoms with Crippen LogP contribution in [-0.2, 0) is 6.42 Å². The van der Waals surface area contributed by atoms with Gasteiger partial charge in [0.25, 0.3) is 0 Å². The highest BCUT2D eigenvalue weighted by molar-refractivity contribution is 7.12. The summed E-state index contributed by atoms with van der Waals surface area (Å²) in [6.45, 7) is 7.02. The average Bonchev–Trinajstić information content (AvgIpc) is 3.23. The number of aromatic nitrogens is 3. The molecule has 0 aliphatic heterocycles. The zero-order valence-electron chi connectivity index (χ0n) is 15.7. The molecule has 0 saturated heterocycles. The fraction of sp³-hybridized carbons (Fsp3) is 0.316. The lowest BCUT2D eigenvalue weighted by molar-refractivity contribution is 0.252. The third-order valence-electron chi connectivity index (χ3n) is 3.82. The minimum absolute atomic E-state index is 0.242. The molecule has 0 radical (unpaired) electrons. The van der Waals surface area contributed by atoms with E-state index in [9.17, 15) is 4.79 Å². The summed E-state index contributed by atoms with van der Waals surface area (Å²) in [6.07, 6.45) is 0.659. The molecule has 27 heavy (non-hydrogen) atoms. The third-order valence-corrected chi connectivity index (χ3v) is 4.69. The molecule has 0 unspecified atom stereocenters. The molecule has 8 heteroatoms. The summed E-state index contributed by atoms with van der Waals surface area (Å²) >= 11 is 1.55. The minimum atomic E-state index is -0.242. The zero-order valence-corrected chi connectivity index (χ0v) is 16.5. The standard InChI is InChI=1S/C19H23N5O2S/c1-4-26-17-7-5-15(6-8-17)21-18(25)20-10-9-16-12-27-19(22-16)24-14(3)11-13(2)23-24/h5-8,11-12H,4,9-10H2,1-3H3,(H2,20,21,25). The fourth-order valence-electron chi connectivity index (χ4n) is 2.61. The van der Waals surface area contributed by atoms with E-state index in [0.29, 0.717) is 19.6 Å². The molecule has 1 aromatic carbocycles. The number of anilines is 1. The van der Waals surface area contributed by atoms with Crippen molar-refractivity contribution in [2.24, 2.45) is 0 Å². The van der Waals surface area contributed by atoms with E-state index >= 15 is 0 Å². The van der Waals surface area contributed by atoms with Crippen molar-refractivity contribution in [2.75, 3.05) is 18.5 Å². The summed E-state index contributed by atoms with van der Waals surface area (Å²) in [6, 6.07) is 9.06. The smallest absolute Gasteiger partial charge is 0.319 e. The van der Waals surface area contributed by atoms with Crippen molar-refractivity contribution in [1.29, 1.82) is 0 Å². The lowest BCUT2D eigenvalue weighted by Crippen LogP contribution is -2.30. The molecule has 0 saturated carbocycles. The Labute approximate surface area is 162 Å². The van der Waals surface area contributed by atoms with Gasteiger partial charge in [-0.05, 0) is 51.1 Å². The highest BCUT2D eigenvalue weighted by atomic mass is 32.1. The number of hydrogen-bond donors (Lipinski definition) is 2. The van der Waals surface area contributed by atoms with Crippen LogP contribution in [0.3, 0.4) is 0 Å². The van der Waals surface area contributed by atoms with Crippen molar-refractivity contribution in [1.82, 2.24) is 20.1 Å². The van der Waals surface area contributed by atoms with Gasteiger partial charge in [0.15, 0.2) is 0 Å². The van der Waals surface area contributed by atoms with E-state index in [2.05, 4.69) is 20.7 Å². The van der Waals surface area contributed by atoms with E-state index in [1.807, 2.05) is 61.2 Å². The number of urea groups is 1. The molecule has 0 fully saturated rings. The summed E-state index contributed by atoms with van der Waals surface area (Å²) < 4.78 is 7.22. The Morgan fingerprint density at radius 3 is 2.70 bits per heavy atom. The number of benzene rings is 1. The van der Waals surface area contributed by atoms with Gasteiger partial charge < -0.3 is 15.4 Å². The quantitative estimate of drug-likeness (QED) is 0.650. The molecule has 0 spiro atoms. The van der Waals surface area contributed by atoms with E-state index in [1.54, 1.807) is 11.3 Å². The highest BCUT2D eigenvalue weighted by Gasteiger charge is 2.09. The van der Waals surface area contributed by atoms with Crippen molar-refractivity contribution < 1.29 is 9.53 Å². The first-order chi connectivity index (χ1) is 13.0. The van der Waals surface area contributed by atoms with Crippen molar-refractivity contribution in [2.45, 2.75) is 27.2 Å². The van der Waals surface area contributed by atoms with Gasteiger partial charge in [-0.3, -0.25) is 0 Å². The first-order valence-electron chi connectivity index (χ1n) is 8.81. The Balaban J connectivity index is 1.47. The van der Waals surface area contributed by atoms with Crippen LogP contribution in [0.15, 0.2) is 35.7 Å². The van der Waals surface area contributed by atoms with Gasteiger partial charge in [0.1, 0.15) is 5.75 Å². The van der Waals surface area contributed by atoms with Crippen molar-refractivity contribution in [3.63, 3.8) is 0 Å². The molecular formula is C19H23N5O2S. The maximum Gasteiger partial charge on any atom is 0.319 e. The van der Waals surface area contributed by atoms with Crippen molar-refractivity contribution in [3.05, 3.63) is 52.8 Å². The number of carbonyl (C=O) groups is 1. The number of carbonyl (C=O) groups excluding carboxylic acids is 1. The summed E-state index contributed by atoms with van der Waals surface area (Å²) in [7, 11) is 0. The topological polar surface area (TPSA) is 81.1 Å². The largest absolute Gasteiger partial charge is 0.494 e. The van der Waals surface area contributed by atoms with Gasteiger partial charge in [-0.1, -0.05) is 0 Å². The molecule has 3 rings (SSSR count). The molecule has 2 N–H and O–H groups in total.